The van der Waals surface area contributed by atoms with Gasteiger partial charge < -0.3 is 15.8 Å². The Morgan fingerprint density at radius 3 is 2.39 bits per heavy atom. The zero-order chi connectivity index (χ0) is 19.6. The SMILES string of the molecule is Nc1ccccc1CCC(=O)Nc1ccccc1OCCCc1ccccc1. The maximum atomic E-state index is 12.4. The van der Waals surface area contributed by atoms with Gasteiger partial charge >= 0.3 is 0 Å². The van der Waals surface area contributed by atoms with Gasteiger partial charge in [-0.15, -0.1) is 0 Å². The van der Waals surface area contributed by atoms with Crippen molar-refractivity contribution in [2.75, 3.05) is 17.7 Å². The van der Waals surface area contributed by atoms with Gasteiger partial charge in [-0.25, -0.2) is 0 Å². The van der Waals surface area contributed by atoms with Gasteiger partial charge in [0.2, 0.25) is 5.91 Å². The predicted molar refractivity (Wildman–Crippen MR) is 115 cm³/mol. The Hall–Kier alpha value is -3.27. The van der Waals surface area contributed by atoms with Crippen molar-refractivity contribution in [2.24, 2.45) is 0 Å². The van der Waals surface area contributed by atoms with Crippen LogP contribution in [0.3, 0.4) is 0 Å². The number of amides is 1. The Balaban J connectivity index is 1.49. The number of hydrogen-bond donors (Lipinski definition) is 2. The average molecular weight is 374 g/mol. The molecule has 3 N–H and O–H groups in total. The number of ether oxygens (including phenoxy) is 1. The van der Waals surface area contributed by atoms with Gasteiger partial charge in [-0.2, -0.15) is 0 Å². The molecule has 0 saturated heterocycles. The van der Waals surface area contributed by atoms with Crippen LogP contribution in [0.5, 0.6) is 5.75 Å². The van der Waals surface area contributed by atoms with Crippen molar-refractivity contribution in [3.05, 3.63) is 90.0 Å². The van der Waals surface area contributed by atoms with E-state index in [-0.39, 0.29) is 5.91 Å². The van der Waals surface area contributed by atoms with E-state index in [0.717, 1.165) is 24.1 Å². The lowest BCUT2D eigenvalue weighted by Crippen LogP contribution is -2.14. The molecular formula is C24H26N2O2. The highest BCUT2D eigenvalue weighted by molar-refractivity contribution is 5.92. The number of hydrogen-bond acceptors (Lipinski definition) is 3. The Bertz CT molecular complexity index is 894. The first-order chi connectivity index (χ1) is 13.7. The standard InChI is InChI=1S/C24H26N2O2/c25-21-13-5-4-12-20(21)16-17-24(27)26-22-14-6-7-15-23(22)28-18-8-11-19-9-2-1-3-10-19/h1-7,9-10,12-15H,8,11,16-18,25H2,(H,26,27). The summed E-state index contributed by atoms with van der Waals surface area (Å²) in [5.74, 6) is 0.645. The number of carbonyl (C=O) groups excluding carboxylic acids is 1. The first kappa shape index (κ1) is 19.5. The van der Waals surface area contributed by atoms with Gasteiger partial charge in [-0.3, -0.25) is 4.79 Å². The van der Waals surface area contributed by atoms with Crippen LogP contribution in [0.1, 0.15) is 24.0 Å². The Kier molecular flexibility index (Phi) is 7.08. The Morgan fingerprint density at radius 2 is 1.57 bits per heavy atom. The smallest absolute Gasteiger partial charge is 0.224 e. The third-order valence-corrected chi connectivity index (χ3v) is 4.55. The van der Waals surface area contributed by atoms with E-state index < -0.39 is 0 Å². The molecule has 144 valence electrons. The molecule has 1 amide bonds. The second kappa shape index (κ2) is 10.2. The number of rotatable bonds is 9. The fourth-order valence-electron chi connectivity index (χ4n) is 3.02. The van der Waals surface area contributed by atoms with E-state index in [4.69, 9.17) is 10.5 Å². The molecule has 0 unspecified atom stereocenters. The van der Waals surface area contributed by atoms with Crippen molar-refractivity contribution in [2.45, 2.75) is 25.7 Å². The summed E-state index contributed by atoms with van der Waals surface area (Å²) in [5.41, 5.74) is 9.65. The molecule has 0 aliphatic heterocycles. The van der Waals surface area contributed by atoms with Crippen LogP contribution >= 0.6 is 0 Å². The van der Waals surface area contributed by atoms with Crippen molar-refractivity contribution < 1.29 is 9.53 Å². The minimum atomic E-state index is -0.0522. The molecule has 0 aromatic heterocycles. The molecule has 0 fully saturated rings. The van der Waals surface area contributed by atoms with Gasteiger partial charge in [0.05, 0.1) is 12.3 Å². The fourth-order valence-corrected chi connectivity index (χ4v) is 3.02. The second-order valence-electron chi connectivity index (χ2n) is 6.68. The minimum absolute atomic E-state index is 0.0522. The van der Waals surface area contributed by atoms with Crippen molar-refractivity contribution in [1.29, 1.82) is 0 Å². The zero-order valence-corrected chi connectivity index (χ0v) is 15.9. The molecule has 0 spiro atoms. The zero-order valence-electron chi connectivity index (χ0n) is 15.9. The lowest BCUT2D eigenvalue weighted by molar-refractivity contribution is -0.116. The van der Waals surface area contributed by atoms with Crippen molar-refractivity contribution in [3.63, 3.8) is 0 Å². The van der Waals surface area contributed by atoms with Crippen LogP contribution < -0.4 is 15.8 Å². The van der Waals surface area contributed by atoms with E-state index in [0.29, 0.717) is 30.9 Å². The maximum absolute atomic E-state index is 12.4. The summed E-state index contributed by atoms with van der Waals surface area (Å²) in [7, 11) is 0. The number of para-hydroxylation sites is 3. The maximum Gasteiger partial charge on any atom is 0.224 e. The highest BCUT2D eigenvalue weighted by atomic mass is 16.5. The summed E-state index contributed by atoms with van der Waals surface area (Å²) in [4.78, 5) is 12.4. The molecule has 0 atom stereocenters. The summed E-state index contributed by atoms with van der Waals surface area (Å²) in [6.45, 7) is 0.600. The third kappa shape index (κ3) is 5.88. The van der Waals surface area contributed by atoms with Crippen LogP contribution in [0.2, 0.25) is 0 Å². The lowest BCUT2D eigenvalue weighted by atomic mass is 10.1. The van der Waals surface area contributed by atoms with Crippen LogP contribution in [0.25, 0.3) is 0 Å². The number of nitrogens with one attached hydrogen (secondary N) is 1. The highest BCUT2D eigenvalue weighted by Crippen LogP contribution is 2.24. The van der Waals surface area contributed by atoms with Crippen LogP contribution in [-0.2, 0) is 17.6 Å². The molecule has 4 heteroatoms. The lowest BCUT2D eigenvalue weighted by Gasteiger charge is -2.13. The number of aryl methyl sites for hydroxylation is 2. The van der Waals surface area contributed by atoms with Gasteiger partial charge in [0.25, 0.3) is 0 Å². The van der Waals surface area contributed by atoms with Gasteiger partial charge in [0.15, 0.2) is 0 Å². The summed E-state index contributed by atoms with van der Waals surface area (Å²) in [6.07, 6.45) is 2.86. The summed E-state index contributed by atoms with van der Waals surface area (Å²) < 4.78 is 5.91. The Morgan fingerprint density at radius 1 is 0.857 bits per heavy atom. The van der Waals surface area contributed by atoms with E-state index in [2.05, 4.69) is 17.4 Å². The van der Waals surface area contributed by atoms with Crippen molar-refractivity contribution in [3.8, 4) is 5.75 Å². The van der Waals surface area contributed by atoms with Crippen LogP contribution in [0.15, 0.2) is 78.9 Å². The normalized spacial score (nSPS) is 10.4. The van der Waals surface area contributed by atoms with Crippen molar-refractivity contribution >= 4 is 17.3 Å². The van der Waals surface area contributed by atoms with Crippen molar-refractivity contribution in [1.82, 2.24) is 0 Å². The number of nitrogens with two attached hydrogens (primary N) is 1. The number of anilines is 2. The third-order valence-electron chi connectivity index (χ3n) is 4.55. The first-order valence-electron chi connectivity index (χ1n) is 9.61. The molecule has 3 rings (SSSR count). The second-order valence-corrected chi connectivity index (χ2v) is 6.68. The molecule has 0 saturated carbocycles. The van der Waals surface area contributed by atoms with Gasteiger partial charge in [0.1, 0.15) is 5.75 Å². The molecule has 3 aromatic carbocycles. The van der Waals surface area contributed by atoms with E-state index >= 15 is 0 Å². The van der Waals surface area contributed by atoms with Gasteiger partial charge in [-0.1, -0.05) is 60.7 Å². The minimum Gasteiger partial charge on any atom is -0.491 e. The van der Waals surface area contributed by atoms with E-state index in [1.165, 1.54) is 5.56 Å². The molecule has 28 heavy (non-hydrogen) atoms. The monoisotopic (exact) mass is 374 g/mol. The number of carbonyl (C=O) groups is 1. The largest absolute Gasteiger partial charge is 0.491 e. The first-order valence-corrected chi connectivity index (χ1v) is 9.61. The highest BCUT2D eigenvalue weighted by Gasteiger charge is 2.09. The van der Waals surface area contributed by atoms with E-state index in [9.17, 15) is 4.79 Å². The molecule has 0 bridgehead atoms. The molecule has 0 heterocycles. The van der Waals surface area contributed by atoms with Crippen LogP contribution in [0.4, 0.5) is 11.4 Å². The predicted octanol–water partition coefficient (Wildman–Crippen LogP) is 4.85. The van der Waals surface area contributed by atoms with Gasteiger partial charge in [-0.05, 0) is 48.6 Å². The molecule has 0 aliphatic carbocycles. The van der Waals surface area contributed by atoms with E-state index in [1.807, 2.05) is 66.7 Å². The molecule has 0 aliphatic rings. The topological polar surface area (TPSA) is 64.4 Å². The molecule has 3 aromatic rings. The fraction of sp³-hybridized carbons (Fsp3) is 0.208. The summed E-state index contributed by atoms with van der Waals surface area (Å²) in [6, 6.07) is 25.5. The Labute approximate surface area is 166 Å². The summed E-state index contributed by atoms with van der Waals surface area (Å²) >= 11 is 0. The number of benzene rings is 3. The van der Waals surface area contributed by atoms with Crippen LogP contribution in [-0.4, -0.2) is 12.5 Å². The van der Waals surface area contributed by atoms with Gasteiger partial charge in [0, 0.05) is 12.1 Å². The molecule has 0 radical (unpaired) electrons. The van der Waals surface area contributed by atoms with Crippen LogP contribution in [0, 0.1) is 0 Å². The van der Waals surface area contributed by atoms with E-state index in [1.54, 1.807) is 0 Å². The molecule has 4 nitrogen and oxygen atoms in total. The quantitative estimate of drug-likeness (QED) is 0.416. The average Bonchev–Trinajstić information content (AvgIpc) is 2.72. The number of nitrogen functional groups attached to an aromatic ring is 1. The molecular weight excluding hydrogens is 348 g/mol. The summed E-state index contributed by atoms with van der Waals surface area (Å²) in [5, 5.41) is 2.95.